The Balaban J connectivity index is 0.000000219. The first-order valence-electron chi connectivity index (χ1n) is 13.9. The largest absolute Gasteiger partial charge is 0.382 e. The third-order valence-corrected chi connectivity index (χ3v) is 6.71. The van der Waals surface area contributed by atoms with Crippen molar-refractivity contribution in [3.05, 3.63) is 113 Å². The highest BCUT2D eigenvalue weighted by Gasteiger charge is 2.15. The molecule has 4 N–H and O–H groups in total. The van der Waals surface area contributed by atoms with Crippen molar-refractivity contribution in [2.45, 2.75) is 33.6 Å². The van der Waals surface area contributed by atoms with Crippen LogP contribution in [-0.4, -0.2) is 30.5 Å². The molecular formula is C34H37N7O. The number of amides is 1. The summed E-state index contributed by atoms with van der Waals surface area (Å²) >= 11 is 0. The van der Waals surface area contributed by atoms with Crippen molar-refractivity contribution >= 4 is 41.0 Å². The molecule has 2 aromatic carbocycles. The quantitative estimate of drug-likeness (QED) is 0.206. The SMILES string of the molecule is CC/C=C/C=C\n1nc(N)c(C(N)=O)c1C.CCc1nc2cccc(/C=C/c3cnn(C)c3)c2cc1-c1ccccc1. The summed E-state index contributed by atoms with van der Waals surface area (Å²) < 4.78 is 3.35. The van der Waals surface area contributed by atoms with Crippen molar-refractivity contribution in [2.75, 3.05) is 5.73 Å². The van der Waals surface area contributed by atoms with Gasteiger partial charge in [-0.15, -0.1) is 0 Å². The molecule has 0 aliphatic rings. The summed E-state index contributed by atoms with van der Waals surface area (Å²) in [5, 5.41) is 9.39. The van der Waals surface area contributed by atoms with Gasteiger partial charge in [-0.25, -0.2) is 4.68 Å². The lowest BCUT2D eigenvalue weighted by atomic mass is 9.98. The van der Waals surface area contributed by atoms with Gasteiger partial charge in [-0.2, -0.15) is 10.2 Å². The summed E-state index contributed by atoms with van der Waals surface area (Å²) in [4.78, 5) is 16.0. The number of pyridine rings is 1. The Labute approximate surface area is 246 Å². The Morgan fingerprint density at radius 2 is 1.81 bits per heavy atom. The average molecular weight is 560 g/mol. The highest BCUT2D eigenvalue weighted by molar-refractivity contribution is 5.98. The molecule has 0 fully saturated rings. The molecule has 0 saturated heterocycles. The number of carbonyl (C=O) groups is 1. The number of rotatable bonds is 8. The summed E-state index contributed by atoms with van der Waals surface area (Å²) in [5.41, 5.74) is 18.6. The summed E-state index contributed by atoms with van der Waals surface area (Å²) in [6.07, 6.45) is 17.5. The molecule has 5 aromatic rings. The van der Waals surface area contributed by atoms with Crippen LogP contribution in [-0.2, 0) is 13.5 Å². The van der Waals surface area contributed by atoms with E-state index in [1.165, 1.54) is 26.8 Å². The number of primary amides is 1. The Morgan fingerprint density at radius 1 is 1.02 bits per heavy atom. The zero-order valence-corrected chi connectivity index (χ0v) is 24.5. The van der Waals surface area contributed by atoms with E-state index in [9.17, 15) is 4.79 Å². The molecule has 0 radical (unpaired) electrons. The van der Waals surface area contributed by atoms with Crippen LogP contribution in [0.5, 0.6) is 0 Å². The highest BCUT2D eigenvalue weighted by atomic mass is 16.1. The van der Waals surface area contributed by atoms with Crippen molar-refractivity contribution in [1.29, 1.82) is 0 Å². The topological polar surface area (TPSA) is 118 Å². The first-order chi connectivity index (χ1) is 20.3. The van der Waals surface area contributed by atoms with E-state index in [4.69, 9.17) is 16.5 Å². The first kappa shape index (κ1) is 29.7. The number of hydrogen-bond donors (Lipinski definition) is 2. The van der Waals surface area contributed by atoms with Gasteiger partial charge in [0.1, 0.15) is 5.56 Å². The minimum atomic E-state index is -0.557. The summed E-state index contributed by atoms with van der Waals surface area (Å²) in [5.74, 6) is -0.395. The summed E-state index contributed by atoms with van der Waals surface area (Å²) in [6, 6.07) is 19.1. The van der Waals surface area contributed by atoms with Crippen LogP contribution in [0.1, 0.15) is 53.1 Å². The summed E-state index contributed by atoms with van der Waals surface area (Å²) in [7, 11) is 1.93. The van der Waals surface area contributed by atoms with Crippen LogP contribution in [0.15, 0.2) is 85.2 Å². The molecule has 0 aliphatic carbocycles. The van der Waals surface area contributed by atoms with Crippen molar-refractivity contribution in [3.63, 3.8) is 0 Å². The van der Waals surface area contributed by atoms with Crippen molar-refractivity contribution < 1.29 is 4.79 Å². The molecule has 214 valence electrons. The Hall–Kier alpha value is -5.24. The third-order valence-electron chi connectivity index (χ3n) is 6.71. The van der Waals surface area contributed by atoms with Gasteiger partial charge in [0.25, 0.3) is 5.91 Å². The van der Waals surface area contributed by atoms with Gasteiger partial charge in [0.2, 0.25) is 0 Å². The fourth-order valence-corrected chi connectivity index (χ4v) is 4.59. The van der Waals surface area contributed by atoms with Gasteiger partial charge in [-0.3, -0.25) is 14.5 Å². The van der Waals surface area contributed by atoms with E-state index in [0.29, 0.717) is 5.69 Å². The molecular weight excluding hydrogens is 522 g/mol. The molecule has 8 heteroatoms. The molecule has 8 nitrogen and oxygen atoms in total. The molecule has 3 heterocycles. The van der Waals surface area contributed by atoms with E-state index < -0.39 is 5.91 Å². The fraction of sp³-hybridized carbons (Fsp3) is 0.176. The van der Waals surface area contributed by atoms with E-state index in [2.05, 4.69) is 77.8 Å². The molecule has 0 unspecified atom stereocenters. The van der Waals surface area contributed by atoms with E-state index in [1.807, 2.05) is 55.3 Å². The molecule has 5 rings (SSSR count). The molecule has 0 atom stereocenters. The van der Waals surface area contributed by atoms with Gasteiger partial charge >= 0.3 is 0 Å². The lowest BCUT2D eigenvalue weighted by Crippen LogP contribution is -2.13. The number of nitrogen functional groups attached to an aromatic ring is 1. The second-order valence-corrected chi connectivity index (χ2v) is 9.73. The lowest BCUT2D eigenvalue weighted by Gasteiger charge is -2.11. The molecule has 3 aromatic heterocycles. The number of fused-ring (bicyclic) bond motifs is 1. The number of nitrogens with zero attached hydrogens (tertiary/aromatic N) is 5. The zero-order valence-electron chi connectivity index (χ0n) is 24.5. The van der Waals surface area contributed by atoms with Crippen LogP contribution in [0.4, 0.5) is 5.82 Å². The summed E-state index contributed by atoms with van der Waals surface area (Å²) in [6.45, 7) is 5.96. The maximum Gasteiger partial charge on any atom is 0.254 e. The second kappa shape index (κ2) is 13.9. The minimum absolute atomic E-state index is 0.161. The normalized spacial score (nSPS) is 11.5. The van der Waals surface area contributed by atoms with Crippen LogP contribution in [0.25, 0.3) is 40.4 Å². The van der Waals surface area contributed by atoms with Crippen molar-refractivity contribution in [2.24, 2.45) is 12.8 Å². The van der Waals surface area contributed by atoms with Crippen LogP contribution in [0, 0.1) is 6.92 Å². The number of allylic oxidation sites excluding steroid dienone is 3. The molecule has 0 saturated carbocycles. The van der Waals surface area contributed by atoms with Crippen LogP contribution < -0.4 is 11.5 Å². The predicted octanol–water partition coefficient (Wildman–Crippen LogP) is 6.68. The van der Waals surface area contributed by atoms with Crippen molar-refractivity contribution in [3.8, 4) is 11.1 Å². The second-order valence-electron chi connectivity index (χ2n) is 9.73. The van der Waals surface area contributed by atoms with E-state index >= 15 is 0 Å². The number of aryl methyl sites for hydroxylation is 2. The van der Waals surface area contributed by atoms with E-state index in [1.54, 1.807) is 13.1 Å². The predicted molar refractivity (Wildman–Crippen MR) is 173 cm³/mol. The first-order valence-corrected chi connectivity index (χ1v) is 13.9. The van der Waals surface area contributed by atoms with Crippen LogP contribution >= 0.6 is 0 Å². The highest BCUT2D eigenvalue weighted by Crippen LogP contribution is 2.29. The van der Waals surface area contributed by atoms with Crippen LogP contribution in [0.2, 0.25) is 0 Å². The molecule has 0 aliphatic heterocycles. The standard InChI is InChI=1S/C23H21N3.C11H16N4O/c1-3-22-20(18-8-5-4-6-9-18)14-21-19(10-7-11-23(21)25-22)13-12-17-15-24-26(2)16-17;1-3-4-5-6-7-15-8(2)9(11(13)16)10(12)14-15/h4-16H,3H2,1-2H3;4-7H,3H2,1-2H3,(H2,12,14)(H2,13,16)/b13-12+;5-4+,7-6-. The molecule has 0 spiro atoms. The van der Waals surface area contributed by atoms with Gasteiger partial charge in [0.05, 0.1) is 17.4 Å². The average Bonchev–Trinajstić information content (AvgIpc) is 3.54. The lowest BCUT2D eigenvalue weighted by molar-refractivity contribution is 0.100. The maximum absolute atomic E-state index is 11.1. The maximum atomic E-state index is 11.1. The van der Waals surface area contributed by atoms with Gasteiger partial charge < -0.3 is 11.5 Å². The van der Waals surface area contributed by atoms with Crippen LogP contribution in [0.3, 0.4) is 0 Å². The zero-order chi connectivity index (χ0) is 30.1. The smallest absolute Gasteiger partial charge is 0.254 e. The van der Waals surface area contributed by atoms with Gasteiger partial charge in [0.15, 0.2) is 5.82 Å². The molecule has 42 heavy (non-hydrogen) atoms. The number of carbonyl (C=O) groups excluding carboxylic acids is 1. The number of benzene rings is 2. The number of aromatic nitrogens is 5. The fourth-order valence-electron chi connectivity index (χ4n) is 4.59. The Kier molecular flexibility index (Phi) is 9.84. The minimum Gasteiger partial charge on any atom is -0.382 e. The number of anilines is 1. The number of hydrogen-bond acceptors (Lipinski definition) is 5. The van der Waals surface area contributed by atoms with Crippen molar-refractivity contribution in [1.82, 2.24) is 24.5 Å². The van der Waals surface area contributed by atoms with Gasteiger partial charge in [0, 0.05) is 41.7 Å². The van der Waals surface area contributed by atoms with Gasteiger partial charge in [-0.05, 0) is 49.1 Å². The Morgan fingerprint density at radius 3 is 2.45 bits per heavy atom. The number of nitrogens with two attached hydrogens (primary N) is 2. The van der Waals surface area contributed by atoms with E-state index in [-0.39, 0.29) is 11.4 Å². The monoisotopic (exact) mass is 559 g/mol. The third kappa shape index (κ3) is 7.09. The van der Waals surface area contributed by atoms with Gasteiger partial charge in [-0.1, -0.05) is 80.6 Å². The molecule has 1 amide bonds. The van der Waals surface area contributed by atoms with E-state index in [0.717, 1.165) is 29.6 Å². The molecule has 0 bridgehead atoms. The Bertz CT molecular complexity index is 1760.